The van der Waals surface area contributed by atoms with E-state index in [2.05, 4.69) is 27.6 Å². The van der Waals surface area contributed by atoms with Crippen LogP contribution < -0.4 is 10.5 Å². The molecule has 1 aromatic heterocycles. The van der Waals surface area contributed by atoms with Crippen molar-refractivity contribution in [1.29, 1.82) is 0 Å². The van der Waals surface area contributed by atoms with Crippen LogP contribution in [-0.2, 0) is 21.3 Å². The van der Waals surface area contributed by atoms with Gasteiger partial charge in [0.15, 0.2) is 0 Å². The third-order valence-electron chi connectivity index (χ3n) is 3.48. The van der Waals surface area contributed by atoms with Crippen LogP contribution in [0.5, 0.6) is 0 Å². The Morgan fingerprint density at radius 3 is 2.95 bits per heavy atom. The van der Waals surface area contributed by atoms with E-state index in [1.54, 1.807) is 6.07 Å². The molecule has 5 nitrogen and oxygen atoms in total. The van der Waals surface area contributed by atoms with Gasteiger partial charge in [-0.15, -0.1) is 11.3 Å². The molecule has 0 bridgehead atoms. The Kier molecular flexibility index (Phi) is 5.61. The molecule has 0 aromatic carbocycles. The van der Waals surface area contributed by atoms with Gasteiger partial charge in [-0.2, -0.15) is 0 Å². The third-order valence-corrected chi connectivity index (χ3v) is 7.18. The summed E-state index contributed by atoms with van der Waals surface area (Å²) in [6, 6.07) is 1.62. The highest BCUT2D eigenvalue weighted by molar-refractivity contribution is 9.11. The molecule has 1 aliphatic rings. The highest BCUT2D eigenvalue weighted by atomic mass is 79.9. The Balaban J connectivity index is 2.05. The zero-order valence-electron chi connectivity index (χ0n) is 11.3. The highest BCUT2D eigenvalue weighted by Crippen LogP contribution is 2.31. The summed E-state index contributed by atoms with van der Waals surface area (Å²) in [5, 5.41) is 0. The van der Waals surface area contributed by atoms with E-state index in [0.717, 1.165) is 17.7 Å². The summed E-state index contributed by atoms with van der Waals surface area (Å²) in [5.41, 5.74) is 5.54. The smallest absolute Gasteiger partial charge is 0.242 e. The van der Waals surface area contributed by atoms with Crippen LogP contribution in [0, 0.1) is 5.92 Å². The van der Waals surface area contributed by atoms with E-state index < -0.39 is 10.0 Å². The van der Waals surface area contributed by atoms with Gasteiger partial charge < -0.3 is 10.5 Å². The predicted molar refractivity (Wildman–Crippen MR) is 83.2 cm³/mol. The van der Waals surface area contributed by atoms with Gasteiger partial charge in [0.2, 0.25) is 10.0 Å². The van der Waals surface area contributed by atoms with Gasteiger partial charge in [-0.05, 0) is 34.8 Å². The van der Waals surface area contributed by atoms with Crippen molar-refractivity contribution in [3.05, 3.63) is 14.7 Å². The van der Waals surface area contributed by atoms with Crippen molar-refractivity contribution in [2.24, 2.45) is 11.7 Å². The van der Waals surface area contributed by atoms with E-state index in [1.807, 2.05) is 0 Å². The number of sulfonamides is 1. The number of hydrogen-bond acceptors (Lipinski definition) is 5. The Bertz CT molecular complexity index is 559. The SMILES string of the molecule is CCC1OCCC1CNS(=O)(=O)c1cc(CN)sc1Br. The molecule has 1 aromatic rings. The predicted octanol–water partition coefficient (Wildman–Crippen LogP) is 2.06. The molecule has 2 heterocycles. The summed E-state index contributed by atoms with van der Waals surface area (Å²) in [4.78, 5) is 1.11. The van der Waals surface area contributed by atoms with Crippen molar-refractivity contribution in [1.82, 2.24) is 4.72 Å². The van der Waals surface area contributed by atoms with Crippen LogP contribution in [0.25, 0.3) is 0 Å². The number of halogens is 1. The minimum atomic E-state index is -3.50. The normalized spacial score (nSPS) is 23.4. The molecule has 0 amide bonds. The van der Waals surface area contributed by atoms with Gasteiger partial charge in [0.1, 0.15) is 4.90 Å². The molecule has 114 valence electrons. The summed E-state index contributed by atoms with van der Waals surface area (Å²) in [5.74, 6) is 0.251. The Hall–Kier alpha value is 0.01000. The van der Waals surface area contributed by atoms with Crippen LogP contribution in [-0.4, -0.2) is 27.7 Å². The maximum atomic E-state index is 12.3. The van der Waals surface area contributed by atoms with Crippen molar-refractivity contribution in [3.63, 3.8) is 0 Å². The molecule has 2 atom stereocenters. The van der Waals surface area contributed by atoms with E-state index in [-0.39, 0.29) is 16.9 Å². The molecule has 2 unspecified atom stereocenters. The van der Waals surface area contributed by atoms with Crippen molar-refractivity contribution in [2.75, 3.05) is 13.2 Å². The second-order valence-electron chi connectivity index (χ2n) is 4.77. The zero-order valence-corrected chi connectivity index (χ0v) is 14.5. The number of ether oxygens (including phenoxy) is 1. The second-order valence-corrected chi connectivity index (χ2v) is 8.96. The lowest BCUT2D eigenvalue weighted by Crippen LogP contribution is -2.32. The third kappa shape index (κ3) is 3.61. The fraction of sp³-hybridized carbons (Fsp3) is 0.667. The molecule has 0 aliphatic carbocycles. The molecule has 8 heteroatoms. The summed E-state index contributed by atoms with van der Waals surface area (Å²) in [6.45, 7) is 3.53. The molecule has 0 saturated carbocycles. The van der Waals surface area contributed by atoms with Gasteiger partial charge in [0, 0.05) is 30.5 Å². The molecule has 2 rings (SSSR count). The monoisotopic (exact) mass is 382 g/mol. The maximum Gasteiger partial charge on any atom is 0.242 e. The van der Waals surface area contributed by atoms with Crippen molar-refractivity contribution in [3.8, 4) is 0 Å². The lowest BCUT2D eigenvalue weighted by molar-refractivity contribution is 0.0884. The fourth-order valence-corrected chi connectivity index (χ4v) is 6.01. The number of thiophene rings is 1. The second kappa shape index (κ2) is 6.85. The standard InChI is InChI=1S/C12H19BrN2O3S2/c1-2-10-8(3-4-18-10)7-15-20(16,17)11-5-9(6-14)19-12(11)13/h5,8,10,15H,2-4,6-7,14H2,1H3. The van der Waals surface area contributed by atoms with Crippen LogP contribution in [0.4, 0.5) is 0 Å². The Morgan fingerprint density at radius 2 is 2.35 bits per heavy atom. The molecular weight excluding hydrogens is 364 g/mol. The number of nitrogens with one attached hydrogen (secondary N) is 1. The van der Waals surface area contributed by atoms with Crippen LogP contribution in [0.15, 0.2) is 14.7 Å². The molecule has 0 radical (unpaired) electrons. The minimum absolute atomic E-state index is 0.156. The van der Waals surface area contributed by atoms with E-state index >= 15 is 0 Å². The first-order valence-electron chi connectivity index (χ1n) is 6.57. The van der Waals surface area contributed by atoms with Gasteiger partial charge in [-0.25, -0.2) is 13.1 Å². The first-order valence-corrected chi connectivity index (χ1v) is 9.66. The lowest BCUT2D eigenvalue weighted by Gasteiger charge is -2.17. The zero-order chi connectivity index (χ0) is 14.8. The van der Waals surface area contributed by atoms with Gasteiger partial charge >= 0.3 is 0 Å². The van der Waals surface area contributed by atoms with E-state index in [9.17, 15) is 8.42 Å². The first-order chi connectivity index (χ1) is 9.47. The number of nitrogens with two attached hydrogens (primary N) is 1. The van der Waals surface area contributed by atoms with Crippen molar-refractivity contribution in [2.45, 2.75) is 37.3 Å². The Morgan fingerprint density at radius 1 is 1.60 bits per heavy atom. The molecular formula is C12H19BrN2O3S2. The first kappa shape index (κ1) is 16.4. The van der Waals surface area contributed by atoms with Gasteiger partial charge in [-0.3, -0.25) is 0 Å². The lowest BCUT2D eigenvalue weighted by atomic mass is 10.0. The van der Waals surface area contributed by atoms with Crippen LogP contribution >= 0.6 is 27.3 Å². The number of hydrogen-bond donors (Lipinski definition) is 2. The summed E-state index contributed by atoms with van der Waals surface area (Å²) < 4.78 is 33.5. The Labute approximate surface area is 132 Å². The van der Waals surface area contributed by atoms with Gasteiger partial charge in [0.05, 0.1) is 9.89 Å². The van der Waals surface area contributed by atoms with Gasteiger partial charge in [0.25, 0.3) is 0 Å². The summed E-state index contributed by atoms with van der Waals surface area (Å²) in [7, 11) is -3.50. The summed E-state index contributed by atoms with van der Waals surface area (Å²) in [6.07, 6.45) is 1.97. The largest absolute Gasteiger partial charge is 0.378 e. The van der Waals surface area contributed by atoms with Crippen molar-refractivity contribution >= 4 is 37.3 Å². The summed E-state index contributed by atoms with van der Waals surface area (Å²) >= 11 is 4.64. The molecule has 20 heavy (non-hydrogen) atoms. The van der Waals surface area contributed by atoms with Gasteiger partial charge in [-0.1, -0.05) is 6.92 Å². The topological polar surface area (TPSA) is 81.4 Å². The van der Waals surface area contributed by atoms with Crippen LogP contribution in [0.1, 0.15) is 24.6 Å². The molecule has 1 aliphatic heterocycles. The minimum Gasteiger partial charge on any atom is -0.378 e. The fourth-order valence-electron chi connectivity index (χ4n) is 2.35. The molecule has 0 spiro atoms. The molecule has 1 saturated heterocycles. The van der Waals surface area contributed by atoms with E-state index in [1.165, 1.54) is 11.3 Å². The maximum absolute atomic E-state index is 12.3. The van der Waals surface area contributed by atoms with Crippen LogP contribution in [0.3, 0.4) is 0 Å². The number of rotatable bonds is 6. The molecule has 1 fully saturated rings. The average Bonchev–Trinajstić information content (AvgIpc) is 3.02. The van der Waals surface area contributed by atoms with Crippen molar-refractivity contribution < 1.29 is 13.2 Å². The average molecular weight is 383 g/mol. The quantitative estimate of drug-likeness (QED) is 0.788. The van der Waals surface area contributed by atoms with E-state index in [0.29, 0.717) is 23.5 Å². The molecule has 3 N–H and O–H groups in total. The van der Waals surface area contributed by atoms with E-state index in [4.69, 9.17) is 10.5 Å². The van der Waals surface area contributed by atoms with Crippen LogP contribution in [0.2, 0.25) is 0 Å². The highest BCUT2D eigenvalue weighted by Gasteiger charge is 2.29.